The molecule has 4 fully saturated rings. The van der Waals surface area contributed by atoms with Crippen LogP contribution in [0, 0.1) is 34.5 Å². The maximum absolute atomic E-state index is 12.1. The fraction of sp³-hybridized carbons (Fsp3) is 0.650. The summed E-state index contributed by atoms with van der Waals surface area (Å²) in [7, 11) is 0. The number of rotatable bonds is 5. The number of thiophene rings is 1. The molecule has 26 heavy (non-hydrogen) atoms. The number of hydrogen-bond acceptors (Lipinski definition) is 4. The molecule has 4 N–H and O–H groups in total. The van der Waals surface area contributed by atoms with E-state index in [1.807, 2.05) is 24.4 Å². The van der Waals surface area contributed by atoms with E-state index in [0.717, 1.165) is 37.0 Å². The summed E-state index contributed by atoms with van der Waals surface area (Å²) in [5.41, 5.74) is 11.4. The molecule has 5 nitrogen and oxygen atoms in total. The zero-order valence-electron chi connectivity index (χ0n) is 15.1. The van der Waals surface area contributed by atoms with E-state index in [1.165, 1.54) is 0 Å². The first-order valence-corrected chi connectivity index (χ1v) is 10.3. The minimum atomic E-state index is -0.543. The third kappa shape index (κ3) is 2.56. The summed E-state index contributed by atoms with van der Waals surface area (Å²) in [6.07, 6.45) is 5.23. The van der Waals surface area contributed by atoms with Crippen LogP contribution in [-0.2, 0) is 10.2 Å². The van der Waals surface area contributed by atoms with Crippen LogP contribution in [-0.4, -0.2) is 17.8 Å². The Morgan fingerprint density at radius 1 is 1.38 bits per heavy atom. The number of hydrogen-bond donors (Lipinski definition) is 2. The molecule has 4 aliphatic rings. The number of nitrogens with zero attached hydrogens (tertiary/aromatic N) is 2. The third-order valence-corrected chi connectivity index (χ3v) is 8.23. The predicted octanol–water partition coefficient (Wildman–Crippen LogP) is 2.96. The summed E-state index contributed by atoms with van der Waals surface area (Å²) in [6, 6.07) is 6.47. The molecule has 138 valence electrons. The van der Waals surface area contributed by atoms with E-state index in [2.05, 4.69) is 6.07 Å². The minimum absolute atomic E-state index is 0.125. The standard InChI is InChI=1S/C20H26N4OS/c1-19(4-5-21,15-3-2-6-26-15)17(22)24-16-13-7-12-8-14(16)11-20(9-12,10-13)18(23)25/h2-3,6,12-14,16H,4,7-11H2,1H3,(H2,22,24)(H2,23,25). The first-order chi connectivity index (χ1) is 12.4. The van der Waals surface area contributed by atoms with E-state index in [-0.39, 0.29) is 17.4 Å². The number of carbonyl (C=O) groups excluding carboxylic acids is 1. The molecule has 4 aliphatic carbocycles. The fourth-order valence-corrected chi connectivity index (χ4v) is 6.77. The zero-order chi connectivity index (χ0) is 18.5. The van der Waals surface area contributed by atoms with Crippen LogP contribution in [0.1, 0.15) is 50.3 Å². The Bertz CT molecular complexity index is 764. The SMILES string of the molecule is CC(CC#N)(C(N)=NC1C2CC3CC1CC(C(N)=O)(C3)C2)c1cccs1. The second kappa shape index (κ2) is 6.09. The van der Waals surface area contributed by atoms with Gasteiger partial charge in [0, 0.05) is 10.3 Å². The first-order valence-electron chi connectivity index (χ1n) is 9.42. The summed E-state index contributed by atoms with van der Waals surface area (Å²) >= 11 is 1.62. The summed E-state index contributed by atoms with van der Waals surface area (Å²) in [5.74, 6) is 1.83. The van der Waals surface area contributed by atoms with Gasteiger partial charge < -0.3 is 11.5 Å². The largest absolute Gasteiger partial charge is 0.387 e. The molecule has 4 saturated carbocycles. The van der Waals surface area contributed by atoms with E-state index in [1.54, 1.807) is 11.3 Å². The smallest absolute Gasteiger partial charge is 0.223 e. The molecule has 0 spiro atoms. The molecule has 1 aromatic heterocycles. The van der Waals surface area contributed by atoms with Gasteiger partial charge in [0.05, 0.1) is 23.9 Å². The van der Waals surface area contributed by atoms with Crippen LogP contribution >= 0.6 is 11.3 Å². The van der Waals surface area contributed by atoms with Gasteiger partial charge in [0.15, 0.2) is 0 Å². The van der Waals surface area contributed by atoms with Gasteiger partial charge >= 0.3 is 0 Å². The molecule has 6 heteroatoms. The van der Waals surface area contributed by atoms with Gasteiger partial charge in [0.1, 0.15) is 5.84 Å². The number of aliphatic imine (C=N–C) groups is 1. The van der Waals surface area contributed by atoms with Crippen molar-refractivity contribution in [3.8, 4) is 6.07 Å². The number of primary amides is 1. The highest BCUT2D eigenvalue weighted by atomic mass is 32.1. The lowest BCUT2D eigenvalue weighted by Gasteiger charge is -2.57. The Balaban J connectivity index is 1.64. The lowest BCUT2D eigenvalue weighted by molar-refractivity contribution is -0.144. The van der Waals surface area contributed by atoms with Crippen LogP contribution in [0.4, 0.5) is 0 Å². The minimum Gasteiger partial charge on any atom is -0.387 e. The molecule has 0 aromatic carbocycles. The topological polar surface area (TPSA) is 105 Å². The average Bonchev–Trinajstić information content (AvgIpc) is 3.12. The van der Waals surface area contributed by atoms with Crippen molar-refractivity contribution in [1.29, 1.82) is 5.26 Å². The summed E-state index contributed by atoms with van der Waals surface area (Å²) in [6.45, 7) is 2.02. The highest BCUT2D eigenvalue weighted by Crippen LogP contribution is 2.60. The Labute approximate surface area is 158 Å². The molecule has 5 rings (SSSR count). The van der Waals surface area contributed by atoms with Crippen LogP contribution in [0.3, 0.4) is 0 Å². The van der Waals surface area contributed by atoms with Gasteiger partial charge in [-0.05, 0) is 68.2 Å². The van der Waals surface area contributed by atoms with E-state index >= 15 is 0 Å². The normalized spacial score (nSPS) is 37.9. The number of nitriles is 1. The summed E-state index contributed by atoms with van der Waals surface area (Å²) in [5, 5.41) is 11.4. The Morgan fingerprint density at radius 3 is 2.62 bits per heavy atom. The molecule has 4 bridgehead atoms. The molecular weight excluding hydrogens is 344 g/mol. The van der Waals surface area contributed by atoms with Gasteiger partial charge in [-0.15, -0.1) is 11.3 Å². The molecule has 3 atom stereocenters. The number of amides is 1. The molecular formula is C20H26N4OS. The zero-order valence-corrected chi connectivity index (χ0v) is 16.0. The van der Waals surface area contributed by atoms with Gasteiger partial charge in [-0.2, -0.15) is 5.26 Å². The van der Waals surface area contributed by atoms with Crippen molar-refractivity contribution in [2.45, 2.75) is 56.9 Å². The molecule has 0 saturated heterocycles. The van der Waals surface area contributed by atoms with E-state index in [9.17, 15) is 10.1 Å². The van der Waals surface area contributed by atoms with Crippen molar-refractivity contribution in [2.24, 2.45) is 39.6 Å². The van der Waals surface area contributed by atoms with Crippen LogP contribution < -0.4 is 11.5 Å². The maximum atomic E-state index is 12.1. The van der Waals surface area contributed by atoms with Gasteiger partial charge in [0.25, 0.3) is 0 Å². The molecule has 3 unspecified atom stereocenters. The molecule has 0 aliphatic heterocycles. The summed E-state index contributed by atoms with van der Waals surface area (Å²) < 4.78 is 0. The van der Waals surface area contributed by atoms with Crippen LogP contribution in [0.2, 0.25) is 0 Å². The Hall–Kier alpha value is -1.87. The van der Waals surface area contributed by atoms with E-state index in [0.29, 0.717) is 30.0 Å². The van der Waals surface area contributed by atoms with Gasteiger partial charge in [-0.3, -0.25) is 9.79 Å². The summed E-state index contributed by atoms with van der Waals surface area (Å²) in [4.78, 5) is 18.2. The Morgan fingerprint density at radius 2 is 2.08 bits per heavy atom. The van der Waals surface area contributed by atoms with Crippen LogP contribution in [0.5, 0.6) is 0 Å². The molecule has 1 heterocycles. The van der Waals surface area contributed by atoms with Crippen molar-refractivity contribution in [2.75, 3.05) is 0 Å². The fourth-order valence-electron chi connectivity index (χ4n) is 5.87. The van der Waals surface area contributed by atoms with Crippen molar-refractivity contribution in [3.63, 3.8) is 0 Å². The second-order valence-electron chi connectivity index (χ2n) is 8.76. The number of carbonyl (C=O) groups is 1. The van der Waals surface area contributed by atoms with Gasteiger partial charge in [-0.1, -0.05) is 6.07 Å². The maximum Gasteiger partial charge on any atom is 0.223 e. The van der Waals surface area contributed by atoms with Gasteiger partial charge in [0.2, 0.25) is 5.91 Å². The number of amidine groups is 1. The molecule has 0 radical (unpaired) electrons. The van der Waals surface area contributed by atoms with E-state index < -0.39 is 5.41 Å². The van der Waals surface area contributed by atoms with Crippen LogP contribution in [0.15, 0.2) is 22.5 Å². The first kappa shape index (κ1) is 17.5. The Kier molecular flexibility index (Phi) is 4.11. The average molecular weight is 371 g/mol. The second-order valence-corrected chi connectivity index (χ2v) is 9.71. The van der Waals surface area contributed by atoms with Crippen LogP contribution in [0.25, 0.3) is 0 Å². The lowest BCUT2D eigenvalue weighted by atomic mass is 9.47. The van der Waals surface area contributed by atoms with Crippen molar-refractivity contribution >= 4 is 23.1 Å². The van der Waals surface area contributed by atoms with E-state index in [4.69, 9.17) is 16.5 Å². The quantitative estimate of drug-likeness (QED) is 0.615. The van der Waals surface area contributed by atoms with Crippen molar-refractivity contribution in [1.82, 2.24) is 0 Å². The predicted molar refractivity (Wildman–Crippen MR) is 102 cm³/mol. The van der Waals surface area contributed by atoms with Crippen molar-refractivity contribution in [3.05, 3.63) is 22.4 Å². The highest BCUT2D eigenvalue weighted by Gasteiger charge is 2.58. The van der Waals surface area contributed by atoms with Crippen molar-refractivity contribution < 1.29 is 4.79 Å². The lowest BCUT2D eigenvalue weighted by Crippen LogP contribution is -2.57. The monoisotopic (exact) mass is 370 g/mol. The number of nitrogens with two attached hydrogens (primary N) is 2. The van der Waals surface area contributed by atoms with Gasteiger partial charge in [-0.25, -0.2) is 0 Å². The molecule has 1 amide bonds. The molecule has 1 aromatic rings. The highest BCUT2D eigenvalue weighted by molar-refractivity contribution is 7.10. The third-order valence-electron chi connectivity index (χ3n) is 7.10.